The van der Waals surface area contributed by atoms with E-state index in [-0.39, 0.29) is 12.5 Å². The highest BCUT2D eigenvalue weighted by Crippen LogP contribution is 2.35. The van der Waals surface area contributed by atoms with Crippen LogP contribution in [0.2, 0.25) is 0 Å². The van der Waals surface area contributed by atoms with Gasteiger partial charge in [0.2, 0.25) is 0 Å². The van der Waals surface area contributed by atoms with E-state index in [1.165, 1.54) is 0 Å². The standard InChI is InChI=1S/C13H25F2N3/c1-10(2)17-6-8-18(9-7-17)11-4-3-5-13(14,15)12(11)16/h10-12H,3-9,16H2,1-2H3. The van der Waals surface area contributed by atoms with E-state index < -0.39 is 12.0 Å². The van der Waals surface area contributed by atoms with Crippen molar-refractivity contribution < 1.29 is 8.78 Å². The van der Waals surface area contributed by atoms with Gasteiger partial charge >= 0.3 is 0 Å². The largest absolute Gasteiger partial charge is 0.321 e. The molecule has 106 valence electrons. The molecule has 1 heterocycles. The lowest BCUT2D eigenvalue weighted by Gasteiger charge is -2.46. The van der Waals surface area contributed by atoms with Crippen LogP contribution in [0.25, 0.3) is 0 Å². The Kier molecular flexibility index (Phi) is 4.24. The van der Waals surface area contributed by atoms with E-state index in [9.17, 15) is 8.78 Å². The maximum atomic E-state index is 13.6. The molecule has 5 heteroatoms. The molecule has 0 aromatic carbocycles. The molecule has 18 heavy (non-hydrogen) atoms. The fourth-order valence-corrected chi connectivity index (χ4v) is 3.17. The average Bonchev–Trinajstić information content (AvgIpc) is 2.33. The highest BCUT2D eigenvalue weighted by molar-refractivity contribution is 4.97. The van der Waals surface area contributed by atoms with Gasteiger partial charge in [-0.05, 0) is 26.7 Å². The fourth-order valence-electron chi connectivity index (χ4n) is 3.17. The molecule has 2 unspecified atom stereocenters. The lowest BCUT2D eigenvalue weighted by molar-refractivity contribution is -0.0882. The molecule has 0 aromatic heterocycles. The molecule has 1 aliphatic heterocycles. The van der Waals surface area contributed by atoms with Crippen molar-refractivity contribution in [1.82, 2.24) is 9.80 Å². The van der Waals surface area contributed by atoms with Gasteiger partial charge in [-0.25, -0.2) is 8.78 Å². The van der Waals surface area contributed by atoms with Crippen LogP contribution in [0.5, 0.6) is 0 Å². The zero-order chi connectivity index (χ0) is 13.3. The molecule has 0 amide bonds. The summed E-state index contributed by atoms with van der Waals surface area (Å²) in [6.07, 6.45) is 1.37. The molecule has 2 N–H and O–H groups in total. The van der Waals surface area contributed by atoms with Crippen molar-refractivity contribution >= 4 is 0 Å². The third kappa shape index (κ3) is 2.83. The second-order valence-corrected chi connectivity index (χ2v) is 5.91. The normalized spacial score (nSPS) is 35.0. The predicted octanol–water partition coefficient (Wildman–Crippen LogP) is 1.53. The van der Waals surface area contributed by atoms with Gasteiger partial charge in [0.15, 0.2) is 0 Å². The molecular weight excluding hydrogens is 236 g/mol. The van der Waals surface area contributed by atoms with Crippen molar-refractivity contribution in [2.45, 2.75) is 57.2 Å². The summed E-state index contributed by atoms with van der Waals surface area (Å²) in [5.41, 5.74) is 5.78. The SMILES string of the molecule is CC(C)N1CCN(C2CCCC(F)(F)C2N)CC1. The average molecular weight is 261 g/mol. The molecule has 0 bridgehead atoms. The van der Waals surface area contributed by atoms with Crippen LogP contribution in [-0.2, 0) is 0 Å². The van der Waals surface area contributed by atoms with E-state index >= 15 is 0 Å². The minimum atomic E-state index is -2.68. The van der Waals surface area contributed by atoms with Gasteiger partial charge < -0.3 is 5.73 Å². The lowest BCUT2D eigenvalue weighted by atomic mass is 9.86. The summed E-state index contributed by atoms with van der Waals surface area (Å²) in [7, 11) is 0. The first-order valence-corrected chi connectivity index (χ1v) is 7.03. The number of halogens is 2. The van der Waals surface area contributed by atoms with Gasteiger partial charge in [-0.2, -0.15) is 0 Å². The first-order valence-electron chi connectivity index (χ1n) is 7.03. The number of rotatable bonds is 2. The minimum absolute atomic E-state index is 0.0450. The Morgan fingerprint density at radius 1 is 1.17 bits per heavy atom. The molecule has 0 radical (unpaired) electrons. The summed E-state index contributed by atoms with van der Waals surface area (Å²) in [5, 5.41) is 0. The maximum absolute atomic E-state index is 13.6. The molecule has 2 aliphatic rings. The van der Waals surface area contributed by atoms with Crippen molar-refractivity contribution in [1.29, 1.82) is 0 Å². The van der Waals surface area contributed by atoms with Crippen molar-refractivity contribution in [2.24, 2.45) is 5.73 Å². The van der Waals surface area contributed by atoms with Crippen molar-refractivity contribution in [3.05, 3.63) is 0 Å². The Morgan fingerprint density at radius 2 is 1.78 bits per heavy atom. The molecule has 0 aromatic rings. The molecule has 2 fully saturated rings. The van der Waals surface area contributed by atoms with Crippen LogP contribution in [0.3, 0.4) is 0 Å². The number of hydrogen-bond donors (Lipinski definition) is 1. The zero-order valence-electron chi connectivity index (χ0n) is 11.4. The summed E-state index contributed by atoms with van der Waals surface area (Å²) in [6, 6.07) is -0.589. The van der Waals surface area contributed by atoms with Crippen LogP contribution in [0.15, 0.2) is 0 Å². The summed E-state index contributed by atoms with van der Waals surface area (Å²) in [6.45, 7) is 8.02. The molecule has 2 atom stereocenters. The third-order valence-electron chi connectivity index (χ3n) is 4.46. The number of nitrogens with two attached hydrogens (primary N) is 1. The van der Waals surface area contributed by atoms with E-state index in [0.29, 0.717) is 12.5 Å². The van der Waals surface area contributed by atoms with Gasteiger partial charge in [-0.1, -0.05) is 0 Å². The molecule has 0 spiro atoms. The van der Waals surface area contributed by atoms with Crippen LogP contribution in [-0.4, -0.2) is 60.0 Å². The Balaban J connectivity index is 1.93. The third-order valence-corrected chi connectivity index (χ3v) is 4.46. The fraction of sp³-hybridized carbons (Fsp3) is 1.00. The van der Waals surface area contributed by atoms with Crippen LogP contribution >= 0.6 is 0 Å². The van der Waals surface area contributed by atoms with Gasteiger partial charge in [0.05, 0.1) is 6.04 Å². The summed E-state index contributed by atoms with van der Waals surface area (Å²) in [5.74, 6) is -2.68. The highest BCUT2D eigenvalue weighted by atomic mass is 19.3. The van der Waals surface area contributed by atoms with Gasteiger partial charge in [-0.3, -0.25) is 9.80 Å². The van der Waals surface area contributed by atoms with Crippen LogP contribution in [0.4, 0.5) is 8.78 Å². The Morgan fingerprint density at radius 3 is 2.33 bits per heavy atom. The van der Waals surface area contributed by atoms with E-state index in [1.54, 1.807) is 0 Å². The van der Waals surface area contributed by atoms with Crippen molar-refractivity contribution in [3.63, 3.8) is 0 Å². The molecule has 2 rings (SSSR count). The number of hydrogen-bond acceptors (Lipinski definition) is 3. The predicted molar refractivity (Wildman–Crippen MR) is 68.8 cm³/mol. The molecule has 1 saturated carbocycles. The summed E-state index contributed by atoms with van der Waals surface area (Å²) >= 11 is 0. The van der Waals surface area contributed by atoms with Crippen LogP contribution < -0.4 is 5.73 Å². The smallest absolute Gasteiger partial charge is 0.264 e. The minimum Gasteiger partial charge on any atom is -0.321 e. The first-order chi connectivity index (χ1) is 8.42. The topological polar surface area (TPSA) is 32.5 Å². The number of alkyl halides is 2. The number of piperazine rings is 1. The molecule has 3 nitrogen and oxygen atoms in total. The molecule has 1 aliphatic carbocycles. The van der Waals surface area contributed by atoms with Crippen molar-refractivity contribution in [2.75, 3.05) is 26.2 Å². The first kappa shape index (κ1) is 14.2. The Hall–Kier alpha value is -0.260. The highest BCUT2D eigenvalue weighted by Gasteiger charge is 2.46. The number of nitrogens with zero attached hydrogens (tertiary/aromatic N) is 2. The van der Waals surface area contributed by atoms with E-state index in [0.717, 1.165) is 32.6 Å². The zero-order valence-corrected chi connectivity index (χ0v) is 11.4. The second-order valence-electron chi connectivity index (χ2n) is 5.91. The van der Waals surface area contributed by atoms with Gasteiger partial charge in [0, 0.05) is 44.7 Å². The van der Waals surface area contributed by atoms with E-state index in [4.69, 9.17) is 5.73 Å². The molecular formula is C13H25F2N3. The quantitative estimate of drug-likeness (QED) is 0.818. The Labute approximate surface area is 108 Å². The van der Waals surface area contributed by atoms with Crippen molar-refractivity contribution in [3.8, 4) is 0 Å². The maximum Gasteiger partial charge on any atom is 0.264 e. The van der Waals surface area contributed by atoms with E-state index in [2.05, 4.69) is 23.6 Å². The Bertz CT molecular complexity index is 275. The summed E-state index contributed by atoms with van der Waals surface area (Å²) in [4.78, 5) is 4.57. The lowest BCUT2D eigenvalue weighted by Crippen LogP contribution is -2.62. The van der Waals surface area contributed by atoms with Crippen LogP contribution in [0.1, 0.15) is 33.1 Å². The second kappa shape index (κ2) is 5.39. The van der Waals surface area contributed by atoms with Gasteiger partial charge in [-0.15, -0.1) is 0 Å². The van der Waals surface area contributed by atoms with E-state index in [1.807, 2.05) is 0 Å². The van der Waals surface area contributed by atoms with Gasteiger partial charge in [0.25, 0.3) is 5.92 Å². The monoisotopic (exact) mass is 261 g/mol. The summed E-state index contributed by atoms with van der Waals surface area (Å²) < 4.78 is 27.3. The van der Waals surface area contributed by atoms with Crippen LogP contribution in [0, 0.1) is 0 Å². The van der Waals surface area contributed by atoms with Gasteiger partial charge in [0.1, 0.15) is 0 Å². The molecule has 1 saturated heterocycles.